The first-order valence-electron chi connectivity index (χ1n) is 6.61. The smallest absolute Gasteiger partial charge is 0.244 e. The number of hydrogen-bond donors (Lipinski definition) is 2. The molecule has 0 amide bonds. The van der Waals surface area contributed by atoms with E-state index in [0.29, 0.717) is 18.9 Å². The first-order chi connectivity index (χ1) is 10.1. The van der Waals surface area contributed by atoms with E-state index in [0.717, 1.165) is 6.54 Å². The van der Waals surface area contributed by atoms with Gasteiger partial charge in [0, 0.05) is 25.7 Å². The van der Waals surface area contributed by atoms with Crippen LogP contribution < -0.4 is 19.5 Å². The molecule has 1 atom stereocenters. The van der Waals surface area contributed by atoms with Gasteiger partial charge in [-0.3, -0.25) is 0 Å². The summed E-state index contributed by atoms with van der Waals surface area (Å²) in [6.45, 7) is 2.19. The van der Waals surface area contributed by atoms with E-state index in [1.165, 1.54) is 20.3 Å². The fourth-order valence-corrected chi connectivity index (χ4v) is 3.27. The number of morpholine rings is 1. The fraction of sp³-hybridized carbons (Fsp3) is 0.538. The van der Waals surface area contributed by atoms with Gasteiger partial charge in [0.25, 0.3) is 0 Å². The highest BCUT2D eigenvalue weighted by Gasteiger charge is 2.23. The maximum atomic E-state index is 12.4. The van der Waals surface area contributed by atoms with Crippen molar-refractivity contribution < 1.29 is 22.6 Å². The highest BCUT2D eigenvalue weighted by Crippen LogP contribution is 2.27. The Kier molecular flexibility index (Phi) is 5.40. The molecule has 8 heteroatoms. The van der Waals surface area contributed by atoms with Crippen LogP contribution in [-0.4, -0.2) is 55.0 Å². The van der Waals surface area contributed by atoms with Crippen LogP contribution in [0.25, 0.3) is 0 Å². The number of rotatable bonds is 6. The second-order valence-corrected chi connectivity index (χ2v) is 6.30. The number of sulfonamides is 1. The summed E-state index contributed by atoms with van der Waals surface area (Å²) in [5.74, 6) is 0.720. The molecule has 0 aliphatic carbocycles. The van der Waals surface area contributed by atoms with E-state index in [-0.39, 0.29) is 23.3 Å². The molecule has 0 aromatic heterocycles. The Labute approximate surface area is 124 Å². The van der Waals surface area contributed by atoms with E-state index in [4.69, 9.17) is 14.2 Å². The highest BCUT2D eigenvalue weighted by atomic mass is 32.2. The first kappa shape index (κ1) is 16.0. The Bertz CT molecular complexity index is 570. The number of hydrogen-bond acceptors (Lipinski definition) is 6. The third kappa shape index (κ3) is 4.07. The van der Waals surface area contributed by atoms with Gasteiger partial charge in [0.2, 0.25) is 10.0 Å². The minimum absolute atomic E-state index is 0.0492. The van der Waals surface area contributed by atoms with Crippen molar-refractivity contribution in [3.63, 3.8) is 0 Å². The van der Waals surface area contributed by atoms with Crippen LogP contribution in [0.15, 0.2) is 23.1 Å². The second kappa shape index (κ2) is 7.08. The molecule has 2 N–H and O–H groups in total. The lowest BCUT2D eigenvalue weighted by Crippen LogP contribution is -2.45. The van der Waals surface area contributed by atoms with Crippen LogP contribution in [0.5, 0.6) is 11.5 Å². The summed E-state index contributed by atoms with van der Waals surface area (Å²) >= 11 is 0. The van der Waals surface area contributed by atoms with Crippen LogP contribution in [0.4, 0.5) is 0 Å². The molecule has 7 nitrogen and oxygen atoms in total. The lowest BCUT2D eigenvalue weighted by molar-refractivity contribution is 0.0324. The van der Waals surface area contributed by atoms with E-state index >= 15 is 0 Å². The molecule has 0 saturated carbocycles. The number of benzene rings is 1. The molecule has 0 spiro atoms. The maximum absolute atomic E-state index is 12.4. The summed E-state index contributed by atoms with van der Waals surface area (Å²) in [7, 11) is -0.793. The summed E-state index contributed by atoms with van der Waals surface area (Å²) in [5.41, 5.74) is 0. The molecular weight excluding hydrogens is 296 g/mol. The number of ether oxygens (including phenoxy) is 3. The molecule has 21 heavy (non-hydrogen) atoms. The van der Waals surface area contributed by atoms with Crippen LogP contribution in [0.3, 0.4) is 0 Å². The maximum Gasteiger partial charge on any atom is 0.244 e. The van der Waals surface area contributed by atoms with Crippen molar-refractivity contribution in [3.05, 3.63) is 18.2 Å². The normalized spacial score (nSPS) is 19.2. The molecule has 2 rings (SSSR count). The molecule has 0 radical (unpaired) electrons. The van der Waals surface area contributed by atoms with Crippen molar-refractivity contribution >= 4 is 10.0 Å². The predicted octanol–water partition coefficient (Wildman–Crippen LogP) is -0.0295. The topological polar surface area (TPSA) is 85.9 Å². The monoisotopic (exact) mass is 316 g/mol. The third-order valence-corrected chi connectivity index (χ3v) is 4.61. The van der Waals surface area contributed by atoms with Gasteiger partial charge in [0.15, 0.2) is 0 Å². The Morgan fingerprint density at radius 1 is 1.38 bits per heavy atom. The van der Waals surface area contributed by atoms with E-state index in [2.05, 4.69) is 10.0 Å². The molecule has 1 fully saturated rings. The quantitative estimate of drug-likeness (QED) is 0.766. The third-order valence-electron chi connectivity index (χ3n) is 3.17. The van der Waals surface area contributed by atoms with E-state index in [1.54, 1.807) is 12.1 Å². The average Bonchev–Trinajstić information content (AvgIpc) is 2.53. The molecule has 0 bridgehead atoms. The lowest BCUT2D eigenvalue weighted by Gasteiger charge is -2.23. The minimum atomic E-state index is -3.70. The molecule has 118 valence electrons. The van der Waals surface area contributed by atoms with Crippen LogP contribution in [0, 0.1) is 0 Å². The minimum Gasteiger partial charge on any atom is -0.497 e. The van der Waals surface area contributed by atoms with Gasteiger partial charge in [-0.15, -0.1) is 0 Å². The standard InChI is InChI=1S/C13H20N2O5S/c1-18-10-3-4-12(19-2)13(7-10)21(16,17)15-9-11-8-14-5-6-20-11/h3-4,7,11,14-15H,5-6,8-9H2,1-2H3. The molecule has 1 aliphatic rings. The van der Waals surface area contributed by atoms with Crippen molar-refractivity contribution in [3.8, 4) is 11.5 Å². The Hall–Kier alpha value is -1.35. The summed E-state index contributed by atoms with van der Waals surface area (Å²) in [4.78, 5) is 0.0492. The largest absolute Gasteiger partial charge is 0.497 e. The average molecular weight is 316 g/mol. The number of methoxy groups -OCH3 is 2. The Morgan fingerprint density at radius 2 is 2.19 bits per heavy atom. The van der Waals surface area contributed by atoms with Gasteiger partial charge in [-0.2, -0.15) is 0 Å². The molecule has 1 heterocycles. The summed E-state index contributed by atoms with van der Waals surface area (Å²) in [6, 6.07) is 4.64. The van der Waals surface area contributed by atoms with Crippen molar-refractivity contribution in [2.75, 3.05) is 40.5 Å². The van der Waals surface area contributed by atoms with E-state index < -0.39 is 10.0 Å². The summed E-state index contributed by atoms with van der Waals surface area (Å²) in [6.07, 6.45) is -0.176. The molecule has 1 saturated heterocycles. The van der Waals surface area contributed by atoms with Gasteiger partial charge >= 0.3 is 0 Å². The van der Waals surface area contributed by atoms with E-state index in [1.807, 2.05) is 0 Å². The SMILES string of the molecule is COc1ccc(OC)c(S(=O)(=O)NCC2CNCCO2)c1. The zero-order valence-electron chi connectivity index (χ0n) is 12.1. The van der Waals surface area contributed by atoms with Crippen molar-refractivity contribution in [1.82, 2.24) is 10.0 Å². The van der Waals surface area contributed by atoms with Gasteiger partial charge in [-0.1, -0.05) is 0 Å². The van der Waals surface area contributed by atoms with Gasteiger partial charge in [0.05, 0.1) is 26.9 Å². The summed E-state index contributed by atoms with van der Waals surface area (Å²) in [5, 5.41) is 3.15. The van der Waals surface area contributed by atoms with Gasteiger partial charge in [-0.25, -0.2) is 13.1 Å². The fourth-order valence-electron chi connectivity index (χ4n) is 2.03. The van der Waals surface area contributed by atoms with Crippen LogP contribution in [0.2, 0.25) is 0 Å². The Morgan fingerprint density at radius 3 is 2.81 bits per heavy atom. The molecule has 1 unspecified atom stereocenters. The van der Waals surface area contributed by atoms with Crippen molar-refractivity contribution in [1.29, 1.82) is 0 Å². The van der Waals surface area contributed by atoms with Gasteiger partial charge < -0.3 is 19.5 Å². The van der Waals surface area contributed by atoms with Crippen LogP contribution in [-0.2, 0) is 14.8 Å². The molecule has 1 aromatic carbocycles. The van der Waals surface area contributed by atoms with Gasteiger partial charge in [0.1, 0.15) is 16.4 Å². The lowest BCUT2D eigenvalue weighted by atomic mass is 10.3. The molecule has 1 aromatic rings. The Balaban J connectivity index is 2.14. The second-order valence-electron chi connectivity index (χ2n) is 4.57. The highest BCUT2D eigenvalue weighted by molar-refractivity contribution is 7.89. The van der Waals surface area contributed by atoms with Crippen LogP contribution >= 0.6 is 0 Å². The van der Waals surface area contributed by atoms with Crippen molar-refractivity contribution in [2.24, 2.45) is 0 Å². The predicted molar refractivity (Wildman–Crippen MR) is 77.3 cm³/mol. The first-order valence-corrected chi connectivity index (χ1v) is 8.09. The van der Waals surface area contributed by atoms with Crippen molar-refractivity contribution in [2.45, 2.75) is 11.0 Å². The van der Waals surface area contributed by atoms with E-state index in [9.17, 15) is 8.42 Å². The molecule has 1 aliphatic heterocycles. The zero-order chi connectivity index (χ0) is 15.3. The summed E-state index contributed by atoms with van der Waals surface area (Å²) < 4.78 is 43.0. The number of nitrogens with one attached hydrogen (secondary N) is 2. The zero-order valence-corrected chi connectivity index (χ0v) is 12.9. The van der Waals surface area contributed by atoms with Gasteiger partial charge in [-0.05, 0) is 12.1 Å². The molecular formula is C13H20N2O5S. The van der Waals surface area contributed by atoms with Crippen LogP contribution in [0.1, 0.15) is 0 Å².